The van der Waals surface area contributed by atoms with Crippen LogP contribution in [0.25, 0.3) is 0 Å². The molecule has 0 atom stereocenters. The number of hydrogen-bond acceptors (Lipinski definition) is 4. The third kappa shape index (κ3) is 3.94. The van der Waals surface area contributed by atoms with Crippen molar-refractivity contribution in [1.29, 1.82) is 0 Å². The van der Waals surface area contributed by atoms with Gasteiger partial charge >= 0.3 is 5.97 Å². The molecule has 2 aromatic rings. The van der Waals surface area contributed by atoms with E-state index in [1.807, 2.05) is 19.0 Å². The van der Waals surface area contributed by atoms with Gasteiger partial charge in [0.25, 0.3) is 10.0 Å². The molecule has 0 fully saturated rings. The van der Waals surface area contributed by atoms with E-state index in [9.17, 15) is 13.2 Å². The molecular formula is C15H15ClN2O4S. The van der Waals surface area contributed by atoms with E-state index in [2.05, 4.69) is 4.72 Å². The number of carbonyl (C=O) groups is 1. The molecule has 23 heavy (non-hydrogen) atoms. The monoisotopic (exact) mass is 354 g/mol. The minimum Gasteiger partial charge on any atom is -0.478 e. The molecule has 2 aromatic carbocycles. The lowest BCUT2D eigenvalue weighted by atomic mass is 10.2. The standard InChI is InChI=1S/C15H15ClN2O4S/c1-18(2)11-5-3-10(4-6-11)17-23(21,22)12-7-8-14(16)13(9-12)15(19)20/h3-9,17H,1-2H3,(H,19,20). The molecule has 0 bridgehead atoms. The average Bonchev–Trinajstić information content (AvgIpc) is 2.47. The first-order valence-electron chi connectivity index (χ1n) is 6.54. The Morgan fingerprint density at radius 2 is 1.74 bits per heavy atom. The molecule has 0 aliphatic carbocycles. The molecule has 8 heteroatoms. The van der Waals surface area contributed by atoms with Gasteiger partial charge in [-0.1, -0.05) is 11.6 Å². The van der Waals surface area contributed by atoms with Gasteiger partial charge in [-0.25, -0.2) is 13.2 Å². The second kappa shape index (κ2) is 6.47. The number of carboxylic acids is 1. The van der Waals surface area contributed by atoms with Crippen LogP contribution in [0.1, 0.15) is 10.4 Å². The first kappa shape index (κ1) is 17.1. The lowest BCUT2D eigenvalue weighted by Crippen LogP contribution is -2.14. The van der Waals surface area contributed by atoms with Gasteiger partial charge in [0.05, 0.1) is 15.5 Å². The summed E-state index contributed by atoms with van der Waals surface area (Å²) in [5, 5.41) is 9.00. The van der Waals surface area contributed by atoms with E-state index in [1.165, 1.54) is 12.1 Å². The lowest BCUT2D eigenvalue weighted by molar-refractivity contribution is 0.0697. The molecule has 2 rings (SSSR count). The molecule has 0 aromatic heterocycles. The number of aromatic carboxylic acids is 1. The molecule has 0 aliphatic rings. The molecule has 0 heterocycles. The third-order valence-electron chi connectivity index (χ3n) is 3.11. The third-order valence-corrected chi connectivity index (χ3v) is 4.82. The zero-order chi connectivity index (χ0) is 17.2. The zero-order valence-electron chi connectivity index (χ0n) is 12.4. The van der Waals surface area contributed by atoms with E-state index >= 15 is 0 Å². The lowest BCUT2D eigenvalue weighted by Gasteiger charge is -2.14. The van der Waals surface area contributed by atoms with E-state index in [1.54, 1.807) is 24.3 Å². The van der Waals surface area contributed by atoms with Crippen molar-refractivity contribution >= 4 is 39.0 Å². The highest BCUT2D eigenvalue weighted by Crippen LogP contribution is 2.23. The summed E-state index contributed by atoms with van der Waals surface area (Å²) in [7, 11) is -0.154. The minimum atomic E-state index is -3.90. The molecule has 6 nitrogen and oxygen atoms in total. The number of hydrogen-bond donors (Lipinski definition) is 2. The normalized spacial score (nSPS) is 11.1. The van der Waals surface area contributed by atoms with Gasteiger partial charge in [0, 0.05) is 25.5 Å². The van der Waals surface area contributed by atoms with Crippen molar-refractivity contribution in [2.45, 2.75) is 4.90 Å². The SMILES string of the molecule is CN(C)c1ccc(NS(=O)(=O)c2ccc(Cl)c(C(=O)O)c2)cc1. The zero-order valence-corrected chi connectivity index (χ0v) is 14.0. The molecule has 0 amide bonds. The largest absolute Gasteiger partial charge is 0.478 e. The van der Waals surface area contributed by atoms with Crippen molar-refractivity contribution in [1.82, 2.24) is 0 Å². The number of sulfonamides is 1. The van der Waals surface area contributed by atoms with Gasteiger partial charge in [0.1, 0.15) is 0 Å². The molecule has 2 N–H and O–H groups in total. The summed E-state index contributed by atoms with van der Waals surface area (Å²) in [6.45, 7) is 0. The fourth-order valence-corrected chi connectivity index (χ4v) is 3.16. The van der Waals surface area contributed by atoms with Crippen LogP contribution < -0.4 is 9.62 Å². The summed E-state index contributed by atoms with van der Waals surface area (Å²) < 4.78 is 27.1. The van der Waals surface area contributed by atoms with Gasteiger partial charge in [-0.15, -0.1) is 0 Å². The molecule has 0 aliphatic heterocycles. The summed E-state index contributed by atoms with van der Waals surface area (Å²) in [6, 6.07) is 10.3. The number of carboxylic acid groups (broad SMARTS) is 1. The summed E-state index contributed by atoms with van der Waals surface area (Å²) in [4.78, 5) is 12.8. The molecule has 0 spiro atoms. The van der Waals surface area contributed by atoms with E-state index in [0.29, 0.717) is 5.69 Å². The van der Waals surface area contributed by atoms with Crippen molar-refractivity contribution in [2.24, 2.45) is 0 Å². The maximum atomic E-state index is 12.3. The molecule has 0 saturated carbocycles. The van der Waals surface area contributed by atoms with Crippen LogP contribution >= 0.6 is 11.6 Å². The number of halogens is 1. The fraction of sp³-hybridized carbons (Fsp3) is 0.133. The van der Waals surface area contributed by atoms with E-state index in [4.69, 9.17) is 16.7 Å². The van der Waals surface area contributed by atoms with Gasteiger partial charge in [0.2, 0.25) is 0 Å². The van der Waals surface area contributed by atoms with E-state index < -0.39 is 16.0 Å². The Balaban J connectivity index is 2.32. The van der Waals surface area contributed by atoms with Crippen LogP contribution in [-0.2, 0) is 10.0 Å². The van der Waals surface area contributed by atoms with E-state index in [0.717, 1.165) is 11.8 Å². The van der Waals surface area contributed by atoms with Gasteiger partial charge in [-0.05, 0) is 42.5 Å². The van der Waals surface area contributed by atoms with Crippen LogP contribution in [0.4, 0.5) is 11.4 Å². The summed E-state index contributed by atoms with van der Waals surface area (Å²) in [6.07, 6.45) is 0. The molecule has 0 saturated heterocycles. The first-order valence-corrected chi connectivity index (χ1v) is 8.40. The number of nitrogens with zero attached hydrogens (tertiary/aromatic N) is 1. The Morgan fingerprint density at radius 3 is 2.26 bits per heavy atom. The van der Waals surface area contributed by atoms with Crippen LogP contribution in [0.2, 0.25) is 5.02 Å². The predicted octanol–water partition coefficient (Wildman–Crippen LogP) is 2.91. The topological polar surface area (TPSA) is 86.7 Å². The van der Waals surface area contributed by atoms with Crippen molar-refractivity contribution in [2.75, 3.05) is 23.7 Å². The second-order valence-electron chi connectivity index (χ2n) is 4.99. The van der Waals surface area contributed by atoms with Gasteiger partial charge in [0.15, 0.2) is 0 Å². The average molecular weight is 355 g/mol. The Morgan fingerprint density at radius 1 is 1.13 bits per heavy atom. The maximum Gasteiger partial charge on any atom is 0.337 e. The Kier molecular flexibility index (Phi) is 4.82. The molecule has 0 radical (unpaired) electrons. The van der Waals surface area contributed by atoms with Crippen LogP contribution in [-0.4, -0.2) is 33.6 Å². The molecular weight excluding hydrogens is 340 g/mol. The Labute approximate surface area is 139 Å². The van der Waals surface area contributed by atoms with E-state index in [-0.39, 0.29) is 15.5 Å². The smallest absolute Gasteiger partial charge is 0.337 e. The van der Waals surface area contributed by atoms with Gasteiger partial charge < -0.3 is 10.0 Å². The van der Waals surface area contributed by atoms with Crippen molar-refractivity contribution in [3.8, 4) is 0 Å². The second-order valence-corrected chi connectivity index (χ2v) is 7.08. The summed E-state index contributed by atoms with van der Waals surface area (Å²) in [5.41, 5.74) is 1.03. The first-order chi connectivity index (χ1) is 10.7. The predicted molar refractivity (Wildman–Crippen MR) is 90.0 cm³/mol. The van der Waals surface area contributed by atoms with Crippen molar-refractivity contribution in [3.63, 3.8) is 0 Å². The Hall–Kier alpha value is -2.25. The molecule has 0 unspecified atom stereocenters. The highest BCUT2D eigenvalue weighted by molar-refractivity contribution is 7.92. The van der Waals surface area contributed by atoms with Crippen LogP contribution in [0.15, 0.2) is 47.4 Å². The highest BCUT2D eigenvalue weighted by Gasteiger charge is 2.18. The maximum absolute atomic E-state index is 12.3. The van der Waals surface area contributed by atoms with Crippen molar-refractivity contribution in [3.05, 3.63) is 53.1 Å². The highest BCUT2D eigenvalue weighted by atomic mass is 35.5. The summed E-state index contributed by atoms with van der Waals surface area (Å²) >= 11 is 5.75. The fourth-order valence-electron chi connectivity index (χ4n) is 1.88. The van der Waals surface area contributed by atoms with Crippen molar-refractivity contribution < 1.29 is 18.3 Å². The summed E-state index contributed by atoms with van der Waals surface area (Å²) in [5.74, 6) is -1.29. The Bertz CT molecular complexity index is 833. The van der Waals surface area contributed by atoms with Gasteiger partial charge in [-0.2, -0.15) is 0 Å². The quantitative estimate of drug-likeness (QED) is 0.862. The number of anilines is 2. The minimum absolute atomic E-state index is 0.0215. The van der Waals surface area contributed by atoms with Crippen LogP contribution in [0, 0.1) is 0 Å². The number of rotatable bonds is 5. The van der Waals surface area contributed by atoms with Crippen LogP contribution in [0.5, 0.6) is 0 Å². The number of benzene rings is 2. The number of nitrogens with one attached hydrogen (secondary N) is 1. The van der Waals surface area contributed by atoms with Crippen LogP contribution in [0.3, 0.4) is 0 Å². The van der Waals surface area contributed by atoms with Gasteiger partial charge in [-0.3, -0.25) is 4.72 Å². The molecule has 122 valence electrons.